The van der Waals surface area contributed by atoms with Crippen LogP contribution in [0.3, 0.4) is 0 Å². The predicted molar refractivity (Wildman–Crippen MR) is 177 cm³/mol. The van der Waals surface area contributed by atoms with E-state index in [4.69, 9.17) is 10.5 Å². The zero-order valence-corrected chi connectivity index (χ0v) is 26.8. The van der Waals surface area contributed by atoms with Gasteiger partial charge in [0.05, 0.1) is 22.6 Å². The predicted octanol–water partition coefficient (Wildman–Crippen LogP) is 4.99. The highest BCUT2D eigenvalue weighted by molar-refractivity contribution is 6.17. The number of ether oxygens (including phenoxy) is 1. The standard InChI is InChI=1S/C35H42N6O5/c1-21-19-37-15-14-27(21)25-7-5-6-23(16-25)17-29(36)33(44)41(26-12-13-28-30(18-26)39-40-31(28)42)32(43)24-10-8-22(9-11-24)20-38-34(45)46-35(2,3)4/h5-7,12-16,18-19,22,24,29H,8-11,17,20,36H2,1-4H3,(H,38,45)(H2,39,40,42)/t22?,24?,29-/m0/s1. The summed E-state index contributed by atoms with van der Waals surface area (Å²) in [4.78, 5) is 57.8. The summed E-state index contributed by atoms with van der Waals surface area (Å²) in [5.74, 6) is -1.03. The Hall–Kier alpha value is -4.77. The molecule has 0 aliphatic heterocycles. The van der Waals surface area contributed by atoms with Crippen LogP contribution in [-0.2, 0) is 20.7 Å². The maximum absolute atomic E-state index is 14.1. The van der Waals surface area contributed by atoms with Crippen molar-refractivity contribution in [1.82, 2.24) is 20.5 Å². The molecule has 3 amide bonds. The smallest absolute Gasteiger partial charge is 0.407 e. The van der Waals surface area contributed by atoms with Crippen LogP contribution in [0, 0.1) is 18.8 Å². The van der Waals surface area contributed by atoms with Gasteiger partial charge in [-0.3, -0.25) is 29.6 Å². The van der Waals surface area contributed by atoms with Crippen LogP contribution in [0.2, 0.25) is 0 Å². The molecular formula is C35H42N6O5. The van der Waals surface area contributed by atoms with E-state index >= 15 is 0 Å². The SMILES string of the molecule is Cc1cnccc1-c1cccc(C[C@H](N)C(=O)N(C(=O)C2CCC(CNC(=O)OC(C)(C)C)CC2)c2ccc3c(=O)[nH][nH]c3c2)c1. The number of amides is 3. The molecule has 5 N–H and O–H groups in total. The first-order chi connectivity index (χ1) is 21.9. The summed E-state index contributed by atoms with van der Waals surface area (Å²) in [6, 6.07) is 13.6. The molecule has 0 spiro atoms. The van der Waals surface area contributed by atoms with E-state index in [9.17, 15) is 19.2 Å². The van der Waals surface area contributed by atoms with E-state index in [-0.39, 0.29) is 23.8 Å². The number of carbonyl (C=O) groups excluding carboxylic acids is 3. The lowest BCUT2D eigenvalue weighted by atomic mass is 9.81. The number of carbonyl (C=O) groups is 3. The lowest BCUT2D eigenvalue weighted by Gasteiger charge is -2.32. The first kappa shape index (κ1) is 32.6. The van der Waals surface area contributed by atoms with Crippen molar-refractivity contribution >= 4 is 34.5 Å². The van der Waals surface area contributed by atoms with Crippen molar-refractivity contribution in [1.29, 1.82) is 0 Å². The van der Waals surface area contributed by atoms with Gasteiger partial charge in [0.2, 0.25) is 5.91 Å². The third-order valence-electron chi connectivity index (χ3n) is 8.42. The van der Waals surface area contributed by atoms with Gasteiger partial charge in [0.1, 0.15) is 5.60 Å². The van der Waals surface area contributed by atoms with Crippen molar-refractivity contribution in [3.8, 4) is 11.1 Å². The van der Waals surface area contributed by atoms with Gasteiger partial charge in [-0.2, -0.15) is 0 Å². The molecule has 11 nitrogen and oxygen atoms in total. The molecule has 46 heavy (non-hydrogen) atoms. The minimum atomic E-state index is -0.993. The summed E-state index contributed by atoms with van der Waals surface area (Å²) in [6.45, 7) is 7.89. The van der Waals surface area contributed by atoms with Crippen molar-refractivity contribution in [3.63, 3.8) is 0 Å². The van der Waals surface area contributed by atoms with E-state index < -0.39 is 29.6 Å². The molecule has 2 aromatic carbocycles. The fourth-order valence-electron chi connectivity index (χ4n) is 6.04. The quantitative estimate of drug-likeness (QED) is 0.214. The number of aromatic nitrogens is 3. The average Bonchev–Trinajstić information content (AvgIpc) is 3.39. The average molecular weight is 627 g/mol. The Morgan fingerprint density at radius 1 is 1.07 bits per heavy atom. The van der Waals surface area contributed by atoms with Gasteiger partial charge in [-0.25, -0.2) is 9.69 Å². The molecule has 1 fully saturated rings. The number of hydrogen-bond acceptors (Lipinski definition) is 7. The number of imide groups is 1. The van der Waals surface area contributed by atoms with Gasteiger partial charge in [-0.1, -0.05) is 24.3 Å². The maximum atomic E-state index is 14.1. The van der Waals surface area contributed by atoms with Crippen LogP contribution < -0.4 is 21.5 Å². The number of pyridine rings is 1. The van der Waals surface area contributed by atoms with Crippen LogP contribution in [0.1, 0.15) is 57.6 Å². The van der Waals surface area contributed by atoms with Gasteiger partial charge < -0.3 is 15.8 Å². The molecule has 11 heteroatoms. The van der Waals surface area contributed by atoms with Crippen LogP contribution in [-0.4, -0.2) is 51.3 Å². The van der Waals surface area contributed by atoms with E-state index in [2.05, 4.69) is 20.5 Å². The molecule has 0 bridgehead atoms. The van der Waals surface area contributed by atoms with Gasteiger partial charge in [0, 0.05) is 24.9 Å². The fraction of sp³-hybridized carbons (Fsp3) is 0.400. The largest absolute Gasteiger partial charge is 0.444 e. The van der Waals surface area contributed by atoms with Gasteiger partial charge in [-0.15, -0.1) is 0 Å². The number of nitrogens with one attached hydrogen (secondary N) is 3. The van der Waals surface area contributed by atoms with Gasteiger partial charge in [0.25, 0.3) is 11.5 Å². The Kier molecular flexibility index (Phi) is 9.71. The first-order valence-electron chi connectivity index (χ1n) is 15.7. The number of alkyl carbamates (subject to hydrolysis) is 1. The highest BCUT2D eigenvalue weighted by atomic mass is 16.6. The van der Waals surface area contributed by atoms with E-state index in [1.807, 2.05) is 58.0 Å². The van der Waals surface area contributed by atoms with Crippen LogP contribution in [0.25, 0.3) is 22.0 Å². The zero-order chi connectivity index (χ0) is 33.0. The lowest BCUT2D eigenvalue weighted by Crippen LogP contribution is -2.50. The maximum Gasteiger partial charge on any atom is 0.407 e. The lowest BCUT2D eigenvalue weighted by molar-refractivity contribution is -0.130. The number of hydrogen-bond donors (Lipinski definition) is 4. The van der Waals surface area contributed by atoms with Gasteiger partial charge >= 0.3 is 6.09 Å². The molecule has 5 rings (SSSR count). The second kappa shape index (κ2) is 13.7. The monoisotopic (exact) mass is 626 g/mol. The summed E-state index contributed by atoms with van der Waals surface area (Å²) in [6.07, 6.45) is 5.87. The summed E-state index contributed by atoms with van der Waals surface area (Å²) < 4.78 is 5.34. The molecule has 1 aliphatic rings. The highest BCUT2D eigenvalue weighted by Gasteiger charge is 2.35. The van der Waals surface area contributed by atoms with Crippen LogP contribution in [0.5, 0.6) is 0 Å². The van der Waals surface area contributed by atoms with Crippen LogP contribution in [0.4, 0.5) is 10.5 Å². The number of anilines is 1. The Labute approximate surface area is 267 Å². The molecule has 242 valence electrons. The van der Waals surface area contributed by atoms with Crippen molar-refractivity contribution in [2.45, 2.75) is 71.4 Å². The minimum absolute atomic E-state index is 0.195. The minimum Gasteiger partial charge on any atom is -0.444 e. The van der Waals surface area contributed by atoms with E-state index in [0.29, 0.717) is 48.8 Å². The van der Waals surface area contributed by atoms with E-state index in [1.54, 1.807) is 30.6 Å². The normalized spacial score (nSPS) is 17.3. The Bertz CT molecular complexity index is 1780. The van der Waals surface area contributed by atoms with E-state index in [0.717, 1.165) is 22.3 Å². The number of fused-ring (bicyclic) bond motifs is 1. The van der Waals surface area contributed by atoms with Crippen molar-refractivity contribution < 1.29 is 19.1 Å². The number of benzene rings is 2. The second-order valence-electron chi connectivity index (χ2n) is 13.1. The second-order valence-corrected chi connectivity index (χ2v) is 13.1. The zero-order valence-electron chi connectivity index (χ0n) is 26.8. The van der Waals surface area contributed by atoms with Crippen LogP contribution in [0.15, 0.2) is 65.7 Å². The Morgan fingerprint density at radius 2 is 1.83 bits per heavy atom. The third kappa shape index (κ3) is 7.71. The van der Waals surface area contributed by atoms with Crippen molar-refractivity contribution in [2.24, 2.45) is 17.6 Å². The highest BCUT2D eigenvalue weighted by Crippen LogP contribution is 2.32. The number of H-pyrrole nitrogens is 2. The molecule has 1 aliphatic carbocycles. The molecule has 1 atom stereocenters. The molecule has 0 radical (unpaired) electrons. The molecule has 4 aromatic rings. The number of aromatic amines is 2. The molecule has 1 saturated carbocycles. The summed E-state index contributed by atoms with van der Waals surface area (Å²) in [7, 11) is 0. The summed E-state index contributed by atoms with van der Waals surface area (Å²) in [5.41, 5.74) is 10.5. The van der Waals surface area contributed by atoms with Crippen molar-refractivity contribution in [2.75, 3.05) is 11.4 Å². The molecule has 0 unspecified atom stereocenters. The van der Waals surface area contributed by atoms with Gasteiger partial charge in [0.15, 0.2) is 0 Å². The molecule has 0 saturated heterocycles. The molecule has 2 heterocycles. The fourth-order valence-corrected chi connectivity index (χ4v) is 6.04. The summed E-state index contributed by atoms with van der Waals surface area (Å²) >= 11 is 0. The topological polar surface area (TPSA) is 163 Å². The van der Waals surface area contributed by atoms with Crippen LogP contribution >= 0.6 is 0 Å². The first-order valence-corrected chi connectivity index (χ1v) is 15.7. The van der Waals surface area contributed by atoms with Gasteiger partial charge in [-0.05, 0) is 112 Å². The number of aryl methyl sites for hydroxylation is 1. The van der Waals surface area contributed by atoms with E-state index in [1.165, 1.54) is 4.90 Å². The number of rotatable bonds is 8. The Morgan fingerprint density at radius 3 is 2.54 bits per heavy atom. The number of nitrogens with zero attached hydrogens (tertiary/aromatic N) is 2. The van der Waals surface area contributed by atoms with Crippen molar-refractivity contribution in [3.05, 3.63) is 82.4 Å². The third-order valence-corrected chi connectivity index (χ3v) is 8.42. The Balaban J connectivity index is 1.33. The summed E-state index contributed by atoms with van der Waals surface area (Å²) in [5, 5.41) is 8.61. The number of nitrogens with two attached hydrogens (primary N) is 1. The molecule has 2 aromatic heterocycles. The molecular weight excluding hydrogens is 584 g/mol.